The summed E-state index contributed by atoms with van der Waals surface area (Å²) in [6, 6.07) is 11.2. The Hall–Kier alpha value is -3.14. The number of rotatable bonds is 4. The van der Waals surface area contributed by atoms with Crippen molar-refractivity contribution in [2.45, 2.75) is 6.54 Å². The van der Waals surface area contributed by atoms with E-state index in [0.29, 0.717) is 12.1 Å². The van der Waals surface area contributed by atoms with Crippen molar-refractivity contribution >= 4 is 11.8 Å². The number of carbonyl (C=O) groups excluding carboxylic acids is 1. The summed E-state index contributed by atoms with van der Waals surface area (Å²) in [5.41, 5.74) is 1.38. The van der Waals surface area contributed by atoms with Crippen molar-refractivity contribution in [3.63, 3.8) is 0 Å². The molecule has 2 aromatic rings. The monoisotopic (exact) mass is 285 g/mol. The third kappa shape index (κ3) is 3.25. The van der Waals surface area contributed by atoms with Gasteiger partial charge in [-0.25, -0.2) is 0 Å². The minimum absolute atomic E-state index is 0.0853. The van der Waals surface area contributed by atoms with Gasteiger partial charge in [-0.3, -0.25) is 14.9 Å². The van der Waals surface area contributed by atoms with Crippen LogP contribution in [0.15, 0.2) is 40.8 Å². The zero-order valence-corrected chi connectivity index (χ0v) is 11.1. The van der Waals surface area contributed by atoms with Gasteiger partial charge in [0.2, 0.25) is 0 Å². The standard InChI is InChI=1S/C14H11N3O4/c1-16(9-11-4-2-10(8-15)3-5-11)14(18)12-6-7-13(21-12)17(19)20/h2-7H,9H2,1H3. The summed E-state index contributed by atoms with van der Waals surface area (Å²) in [6.45, 7) is 0.305. The van der Waals surface area contributed by atoms with Crippen LogP contribution in [0.25, 0.3) is 0 Å². The summed E-state index contributed by atoms with van der Waals surface area (Å²) in [7, 11) is 1.56. The van der Waals surface area contributed by atoms with Gasteiger partial charge in [0.25, 0.3) is 5.91 Å². The van der Waals surface area contributed by atoms with Gasteiger partial charge in [-0.2, -0.15) is 5.26 Å². The van der Waals surface area contributed by atoms with Crippen LogP contribution in [0.3, 0.4) is 0 Å². The first kappa shape index (κ1) is 14.3. The predicted molar refractivity (Wildman–Crippen MR) is 72.3 cm³/mol. The molecule has 0 aliphatic heterocycles. The van der Waals surface area contributed by atoms with Crippen molar-refractivity contribution < 1.29 is 14.1 Å². The van der Waals surface area contributed by atoms with Crippen molar-refractivity contribution in [2.24, 2.45) is 0 Å². The third-order valence-electron chi connectivity index (χ3n) is 2.83. The summed E-state index contributed by atoms with van der Waals surface area (Å²) >= 11 is 0. The maximum Gasteiger partial charge on any atom is 0.433 e. The van der Waals surface area contributed by atoms with Crippen LogP contribution < -0.4 is 0 Å². The van der Waals surface area contributed by atoms with Crippen LogP contribution in [0, 0.1) is 21.4 Å². The molecule has 1 aromatic heterocycles. The molecule has 0 N–H and O–H groups in total. The molecule has 21 heavy (non-hydrogen) atoms. The second-order valence-corrected chi connectivity index (χ2v) is 4.36. The van der Waals surface area contributed by atoms with E-state index < -0.39 is 16.7 Å². The van der Waals surface area contributed by atoms with Crippen molar-refractivity contribution in [3.05, 3.63) is 63.4 Å². The molecule has 2 rings (SSSR count). The Morgan fingerprint density at radius 3 is 2.52 bits per heavy atom. The number of hydrogen-bond donors (Lipinski definition) is 0. The minimum Gasteiger partial charge on any atom is -0.395 e. The fourth-order valence-electron chi connectivity index (χ4n) is 1.76. The largest absolute Gasteiger partial charge is 0.433 e. The van der Waals surface area contributed by atoms with E-state index in [4.69, 9.17) is 9.68 Å². The van der Waals surface area contributed by atoms with Gasteiger partial charge in [0.1, 0.15) is 4.92 Å². The fourth-order valence-corrected chi connectivity index (χ4v) is 1.76. The second-order valence-electron chi connectivity index (χ2n) is 4.36. The smallest absolute Gasteiger partial charge is 0.395 e. The Bertz CT molecular complexity index is 713. The van der Waals surface area contributed by atoms with Gasteiger partial charge in [0.15, 0.2) is 5.76 Å². The van der Waals surface area contributed by atoms with E-state index in [2.05, 4.69) is 0 Å². The predicted octanol–water partition coefficient (Wildman–Crippen LogP) is 2.33. The number of amides is 1. The fraction of sp³-hybridized carbons (Fsp3) is 0.143. The maximum absolute atomic E-state index is 12.1. The molecule has 0 saturated carbocycles. The van der Waals surface area contributed by atoms with Crippen LogP contribution >= 0.6 is 0 Å². The maximum atomic E-state index is 12.1. The molecular weight excluding hydrogens is 274 g/mol. The molecule has 106 valence electrons. The van der Waals surface area contributed by atoms with Gasteiger partial charge in [0.05, 0.1) is 17.7 Å². The average Bonchev–Trinajstić information content (AvgIpc) is 2.97. The van der Waals surface area contributed by atoms with Gasteiger partial charge >= 0.3 is 5.88 Å². The Labute approximate surface area is 120 Å². The molecule has 7 heteroatoms. The first-order valence-electron chi connectivity index (χ1n) is 6.00. The highest BCUT2D eigenvalue weighted by Crippen LogP contribution is 2.17. The molecule has 0 saturated heterocycles. The molecule has 0 aliphatic carbocycles. The van der Waals surface area contributed by atoms with E-state index in [1.807, 2.05) is 6.07 Å². The van der Waals surface area contributed by atoms with Gasteiger partial charge in [0, 0.05) is 13.6 Å². The zero-order chi connectivity index (χ0) is 15.4. The Morgan fingerprint density at radius 2 is 2.00 bits per heavy atom. The number of nitriles is 1. The van der Waals surface area contributed by atoms with E-state index in [1.54, 1.807) is 31.3 Å². The normalized spacial score (nSPS) is 9.90. The lowest BCUT2D eigenvalue weighted by Gasteiger charge is -2.15. The van der Waals surface area contributed by atoms with Crippen molar-refractivity contribution in [2.75, 3.05) is 7.05 Å². The lowest BCUT2D eigenvalue weighted by Crippen LogP contribution is -2.25. The molecule has 0 unspecified atom stereocenters. The molecule has 0 radical (unpaired) electrons. The van der Waals surface area contributed by atoms with Crippen LogP contribution in [0.2, 0.25) is 0 Å². The number of carbonyl (C=O) groups is 1. The van der Waals surface area contributed by atoms with E-state index in [-0.39, 0.29) is 5.76 Å². The Kier molecular flexibility index (Phi) is 4.00. The van der Waals surface area contributed by atoms with Crippen LogP contribution in [0.4, 0.5) is 5.88 Å². The van der Waals surface area contributed by atoms with Crippen molar-refractivity contribution in [3.8, 4) is 6.07 Å². The third-order valence-corrected chi connectivity index (χ3v) is 2.83. The highest BCUT2D eigenvalue weighted by atomic mass is 16.6. The van der Waals surface area contributed by atoms with Crippen LogP contribution in [-0.2, 0) is 6.54 Å². The Balaban J connectivity index is 2.07. The van der Waals surface area contributed by atoms with E-state index in [1.165, 1.54) is 11.0 Å². The van der Waals surface area contributed by atoms with Crippen LogP contribution in [0.5, 0.6) is 0 Å². The van der Waals surface area contributed by atoms with Crippen molar-refractivity contribution in [1.82, 2.24) is 4.90 Å². The van der Waals surface area contributed by atoms with Gasteiger partial charge < -0.3 is 9.32 Å². The number of benzene rings is 1. The SMILES string of the molecule is CN(Cc1ccc(C#N)cc1)C(=O)c1ccc([N+](=O)[O-])o1. The lowest BCUT2D eigenvalue weighted by atomic mass is 10.1. The topological polar surface area (TPSA) is 100 Å². The number of nitro groups is 1. The number of nitrogens with zero attached hydrogens (tertiary/aromatic N) is 3. The van der Waals surface area contributed by atoms with Gasteiger partial charge in [-0.1, -0.05) is 12.1 Å². The molecule has 0 spiro atoms. The van der Waals surface area contributed by atoms with Crippen LogP contribution in [-0.4, -0.2) is 22.8 Å². The van der Waals surface area contributed by atoms with Crippen LogP contribution in [0.1, 0.15) is 21.7 Å². The highest BCUT2D eigenvalue weighted by Gasteiger charge is 2.20. The highest BCUT2D eigenvalue weighted by molar-refractivity contribution is 5.91. The molecule has 1 aromatic carbocycles. The quantitative estimate of drug-likeness (QED) is 0.634. The van der Waals surface area contributed by atoms with E-state index in [9.17, 15) is 14.9 Å². The molecule has 0 atom stereocenters. The summed E-state index contributed by atoms with van der Waals surface area (Å²) < 4.78 is 4.87. The minimum atomic E-state index is -0.697. The molecule has 1 heterocycles. The zero-order valence-electron chi connectivity index (χ0n) is 11.1. The average molecular weight is 285 g/mol. The van der Waals surface area contributed by atoms with Crippen molar-refractivity contribution in [1.29, 1.82) is 5.26 Å². The first-order chi connectivity index (χ1) is 10.0. The lowest BCUT2D eigenvalue weighted by molar-refractivity contribution is -0.402. The summed E-state index contributed by atoms with van der Waals surface area (Å²) in [6.07, 6.45) is 0. The first-order valence-corrected chi connectivity index (χ1v) is 6.00. The molecule has 7 nitrogen and oxygen atoms in total. The molecule has 0 bridgehead atoms. The molecule has 0 fully saturated rings. The second kappa shape index (κ2) is 5.88. The summed E-state index contributed by atoms with van der Waals surface area (Å²) in [5, 5.41) is 19.2. The summed E-state index contributed by atoms with van der Waals surface area (Å²) in [4.78, 5) is 23.3. The van der Waals surface area contributed by atoms with Gasteiger partial charge in [-0.15, -0.1) is 0 Å². The number of furan rings is 1. The number of hydrogen-bond acceptors (Lipinski definition) is 5. The molecule has 1 amide bonds. The summed E-state index contributed by atoms with van der Waals surface area (Å²) in [5.74, 6) is -1.00. The van der Waals surface area contributed by atoms with E-state index in [0.717, 1.165) is 11.6 Å². The Morgan fingerprint density at radius 1 is 1.33 bits per heavy atom. The van der Waals surface area contributed by atoms with Gasteiger partial charge in [-0.05, 0) is 23.8 Å². The molecule has 0 aliphatic rings. The molecular formula is C14H11N3O4. The van der Waals surface area contributed by atoms with E-state index >= 15 is 0 Å².